The molecule has 2 N–H and O–H groups in total. The van der Waals surface area contributed by atoms with Crippen molar-refractivity contribution in [2.75, 3.05) is 22.1 Å². The van der Waals surface area contributed by atoms with Gasteiger partial charge in [-0.25, -0.2) is 8.42 Å². The molecule has 2 rings (SSSR count). The van der Waals surface area contributed by atoms with E-state index in [9.17, 15) is 13.2 Å². The van der Waals surface area contributed by atoms with Crippen LogP contribution in [0.25, 0.3) is 0 Å². The molecule has 0 spiro atoms. The molecule has 0 bridgehead atoms. The average molecular weight is 282 g/mol. The van der Waals surface area contributed by atoms with Crippen molar-refractivity contribution in [2.24, 2.45) is 0 Å². The van der Waals surface area contributed by atoms with Crippen molar-refractivity contribution in [1.29, 1.82) is 0 Å². The number of carbonyl (C=O) groups excluding carboxylic acids is 1. The van der Waals surface area contributed by atoms with Gasteiger partial charge in [-0.3, -0.25) is 4.79 Å². The van der Waals surface area contributed by atoms with Crippen molar-refractivity contribution in [3.63, 3.8) is 0 Å². The minimum Gasteiger partial charge on any atom is -0.381 e. The number of amides is 1. The Bertz CT molecular complexity index is 596. The third-order valence-corrected chi connectivity index (χ3v) is 4.92. The first-order valence-electron chi connectivity index (χ1n) is 6.21. The molecule has 1 aliphatic heterocycles. The van der Waals surface area contributed by atoms with E-state index in [0.717, 1.165) is 16.9 Å². The van der Waals surface area contributed by atoms with E-state index in [0.29, 0.717) is 6.42 Å². The number of benzene rings is 1. The number of carbonyl (C=O) groups is 1. The number of hydrogen-bond donors (Lipinski definition) is 2. The molecule has 19 heavy (non-hydrogen) atoms. The van der Waals surface area contributed by atoms with Crippen molar-refractivity contribution in [1.82, 2.24) is 0 Å². The Morgan fingerprint density at radius 1 is 1.37 bits per heavy atom. The van der Waals surface area contributed by atoms with Gasteiger partial charge in [0, 0.05) is 24.3 Å². The lowest BCUT2D eigenvalue weighted by atomic mass is 10.1. The zero-order chi connectivity index (χ0) is 14.0. The zero-order valence-electron chi connectivity index (χ0n) is 11.1. The second-order valence-corrected chi connectivity index (χ2v) is 7.18. The number of sulfone groups is 1. The van der Waals surface area contributed by atoms with Crippen LogP contribution in [0.15, 0.2) is 18.2 Å². The van der Waals surface area contributed by atoms with Crippen LogP contribution >= 0.6 is 0 Å². The van der Waals surface area contributed by atoms with E-state index >= 15 is 0 Å². The van der Waals surface area contributed by atoms with Crippen molar-refractivity contribution >= 4 is 27.1 Å². The van der Waals surface area contributed by atoms with Gasteiger partial charge in [-0.2, -0.15) is 0 Å². The predicted molar refractivity (Wildman–Crippen MR) is 76.2 cm³/mol. The van der Waals surface area contributed by atoms with Crippen molar-refractivity contribution in [3.8, 4) is 0 Å². The fourth-order valence-corrected chi connectivity index (χ4v) is 3.85. The van der Waals surface area contributed by atoms with E-state index < -0.39 is 9.84 Å². The Hall–Kier alpha value is -1.56. The first kappa shape index (κ1) is 13.9. The minimum absolute atomic E-state index is 0.0436. The fraction of sp³-hybridized carbons (Fsp3) is 0.462. The molecule has 1 amide bonds. The average Bonchev–Trinajstić information content (AvgIpc) is 2.62. The largest absolute Gasteiger partial charge is 0.381 e. The normalized spacial score (nSPS) is 21.1. The summed E-state index contributed by atoms with van der Waals surface area (Å²) in [5, 5.41) is 5.96. The van der Waals surface area contributed by atoms with Gasteiger partial charge in [0.05, 0.1) is 11.5 Å². The van der Waals surface area contributed by atoms with Gasteiger partial charge >= 0.3 is 0 Å². The lowest BCUT2D eigenvalue weighted by Crippen LogP contribution is -2.20. The van der Waals surface area contributed by atoms with Gasteiger partial charge in [-0.05, 0) is 31.0 Å². The molecule has 1 aromatic carbocycles. The third kappa shape index (κ3) is 3.70. The molecular formula is C13H18N2O3S. The molecule has 1 fully saturated rings. The van der Waals surface area contributed by atoms with Crippen LogP contribution in [0, 0.1) is 6.92 Å². The summed E-state index contributed by atoms with van der Waals surface area (Å²) >= 11 is 0. The van der Waals surface area contributed by atoms with E-state index in [4.69, 9.17) is 0 Å². The fourth-order valence-electron chi connectivity index (χ4n) is 2.18. The van der Waals surface area contributed by atoms with Crippen LogP contribution in [0.4, 0.5) is 11.4 Å². The molecule has 1 heterocycles. The van der Waals surface area contributed by atoms with Crippen LogP contribution in [-0.4, -0.2) is 31.9 Å². The highest BCUT2D eigenvalue weighted by atomic mass is 32.2. The number of anilines is 2. The summed E-state index contributed by atoms with van der Waals surface area (Å²) in [6, 6.07) is 5.59. The minimum atomic E-state index is -2.89. The van der Waals surface area contributed by atoms with E-state index in [1.807, 2.05) is 25.1 Å². The summed E-state index contributed by atoms with van der Waals surface area (Å²) < 4.78 is 22.8. The van der Waals surface area contributed by atoms with E-state index in [1.54, 1.807) is 0 Å². The van der Waals surface area contributed by atoms with E-state index in [-0.39, 0.29) is 23.5 Å². The summed E-state index contributed by atoms with van der Waals surface area (Å²) in [7, 11) is -2.89. The first-order chi connectivity index (χ1) is 8.85. The first-order valence-corrected chi connectivity index (χ1v) is 8.03. The summed E-state index contributed by atoms with van der Waals surface area (Å²) in [4.78, 5) is 11.1. The lowest BCUT2D eigenvalue weighted by Gasteiger charge is -2.15. The summed E-state index contributed by atoms with van der Waals surface area (Å²) in [6.45, 7) is 3.37. The molecule has 0 aliphatic carbocycles. The third-order valence-electron chi connectivity index (χ3n) is 3.15. The van der Waals surface area contributed by atoms with Crippen LogP contribution in [0.1, 0.15) is 18.9 Å². The zero-order valence-corrected chi connectivity index (χ0v) is 11.9. The monoisotopic (exact) mass is 282 g/mol. The van der Waals surface area contributed by atoms with E-state index in [1.165, 1.54) is 6.92 Å². The van der Waals surface area contributed by atoms with Crippen LogP contribution < -0.4 is 10.6 Å². The van der Waals surface area contributed by atoms with Gasteiger partial charge in [0.25, 0.3) is 0 Å². The number of hydrogen-bond acceptors (Lipinski definition) is 4. The number of rotatable bonds is 3. The topological polar surface area (TPSA) is 75.3 Å². The van der Waals surface area contributed by atoms with E-state index in [2.05, 4.69) is 10.6 Å². The van der Waals surface area contributed by atoms with Crippen LogP contribution in [0.3, 0.4) is 0 Å². The number of aryl methyl sites for hydroxylation is 1. The molecule has 0 radical (unpaired) electrons. The molecule has 1 aromatic rings. The van der Waals surface area contributed by atoms with Gasteiger partial charge in [-0.15, -0.1) is 0 Å². The highest BCUT2D eigenvalue weighted by Crippen LogP contribution is 2.23. The second-order valence-electron chi connectivity index (χ2n) is 4.96. The number of nitrogens with one attached hydrogen (secondary N) is 2. The standard InChI is InChI=1S/C13H18N2O3S/c1-9-3-4-11(7-13(9)14-10(2)16)15-12-5-6-19(17,18)8-12/h3-4,7,12,15H,5-6,8H2,1-2H3,(H,14,16). The Labute approximate surface area is 113 Å². The smallest absolute Gasteiger partial charge is 0.221 e. The molecule has 6 heteroatoms. The van der Waals surface area contributed by atoms with Gasteiger partial charge in [0.15, 0.2) is 9.84 Å². The molecule has 0 saturated carbocycles. The highest BCUT2D eigenvalue weighted by molar-refractivity contribution is 7.91. The van der Waals surface area contributed by atoms with Crippen molar-refractivity contribution in [2.45, 2.75) is 26.3 Å². The molecule has 1 saturated heterocycles. The van der Waals surface area contributed by atoms with Crippen LogP contribution in [0.5, 0.6) is 0 Å². The summed E-state index contributed by atoms with van der Waals surface area (Å²) in [6.07, 6.45) is 0.631. The highest BCUT2D eigenvalue weighted by Gasteiger charge is 2.27. The SMILES string of the molecule is CC(=O)Nc1cc(NC2CCS(=O)(=O)C2)ccc1C. The Morgan fingerprint density at radius 3 is 2.68 bits per heavy atom. The Morgan fingerprint density at radius 2 is 2.11 bits per heavy atom. The molecule has 5 nitrogen and oxygen atoms in total. The van der Waals surface area contributed by atoms with Gasteiger partial charge < -0.3 is 10.6 Å². The van der Waals surface area contributed by atoms with Gasteiger partial charge in [0.1, 0.15) is 0 Å². The molecule has 1 aliphatic rings. The molecule has 1 atom stereocenters. The van der Waals surface area contributed by atoms with Gasteiger partial charge in [-0.1, -0.05) is 6.07 Å². The maximum atomic E-state index is 11.4. The Kier molecular flexibility index (Phi) is 3.80. The Balaban J connectivity index is 2.11. The maximum Gasteiger partial charge on any atom is 0.221 e. The molecule has 104 valence electrons. The predicted octanol–water partition coefficient (Wildman–Crippen LogP) is 1.55. The molecule has 1 unspecified atom stereocenters. The molecule has 0 aromatic heterocycles. The summed E-state index contributed by atoms with van der Waals surface area (Å²) in [5.41, 5.74) is 2.55. The quantitative estimate of drug-likeness (QED) is 0.882. The summed E-state index contributed by atoms with van der Waals surface area (Å²) in [5.74, 6) is 0.300. The van der Waals surface area contributed by atoms with Crippen molar-refractivity contribution < 1.29 is 13.2 Å². The lowest BCUT2D eigenvalue weighted by molar-refractivity contribution is -0.114. The second kappa shape index (κ2) is 5.21. The van der Waals surface area contributed by atoms with Crippen molar-refractivity contribution in [3.05, 3.63) is 23.8 Å². The van der Waals surface area contributed by atoms with Crippen LogP contribution in [0.2, 0.25) is 0 Å². The van der Waals surface area contributed by atoms with Crippen LogP contribution in [-0.2, 0) is 14.6 Å². The van der Waals surface area contributed by atoms with Gasteiger partial charge in [0.2, 0.25) is 5.91 Å². The maximum absolute atomic E-state index is 11.4. The molecular weight excluding hydrogens is 264 g/mol.